The van der Waals surface area contributed by atoms with E-state index in [2.05, 4.69) is 5.32 Å². The van der Waals surface area contributed by atoms with Crippen molar-refractivity contribution in [3.8, 4) is 0 Å². The van der Waals surface area contributed by atoms with Crippen LogP contribution in [0.3, 0.4) is 0 Å². The molecule has 9 nitrogen and oxygen atoms in total. The fraction of sp³-hybridized carbons (Fsp3) is 0.300. The smallest absolute Gasteiger partial charge is 0.325 e. The molecule has 1 aliphatic heterocycles. The average Bonchev–Trinajstić information content (AvgIpc) is 2.77. The maximum absolute atomic E-state index is 12.3. The molecule has 2 aromatic carbocycles. The van der Waals surface area contributed by atoms with Gasteiger partial charge in [-0.05, 0) is 17.7 Å². The summed E-state index contributed by atoms with van der Waals surface area (Å²) in [5, 5.41) is 13.9. The summed E-state index contributed by atoms with van der Waals surface area (Å²) >= 11 is 0. The van der Waals surface area contributed by atoms with Gasteiger partial charge in [-0.25, -0.2) is 0 Å². The van der Waals surface area contributed by atoms with Crippen LogP contribution >= 0.6 is 0 Å². The third-order valence-electron chi connectivity index (χ3n) is 4.42. The van der Waals surface area contributed by atoms with Gasteiger partial charge in [0, 0.05) is 24.7 Å². The molecule has 1 heterocycles. The molecule has 0 saturated carbocycles. The Labute approximate surface area is 167 Å². The van der Waals surface area contributed by atoms with E-state index < -0.39 is 16.8 Å². The van der Waals surface area contributed by atoms with E-state index in [4.69, 9.17) is 9.47 Å². The fourth-order valence-corrected chi connectivity index (χ4v) is 2.93. The number of nitro groups is 1. The Morgan fingerprint density at radius 3 is 2.55 bits per heavy atom. The second-order valence-corrected chi connectivity index (χ2v) is 6.39. The minimum absolute atomic E-state index is 0.101. The van der Waals surface area contributed by atoms with Crippen molar-refractivity contribution in [2.45, 2.75) is 6.61 Å². The van der Waals surface area contributed by atoms with Crippen LogP contribution in [0.15, 0.2) is 48.5 Å². The molecule has 1 fully saturated rings. The second-order valence-electron chi connectivity index (χ2n) is 6.39. The zero-order valence-electron chi connectivity index (χ0n) is 15.7. The number of hydrogen-bond donors (Lipinski definition) is 1. The highest BCUT2D eigenvalue weighted by Gasteiger charge is 2.23. The van der Waals surface area contributed by atoms with E-state index in [-0.39, 0.29) is 24.4 Å². The van der Waals surface area contributed by atoms with Gasteiger partial charge in [-0.1, -0.05) is 30.3 Å². The van der Waals surface area contributed by atoms with E-state index in [1.807, 2.05) is 35.2 Å². The Morgan fingerprint density at radius 1 is 1.14 bits per heavy atom. The Morgan fingerprint density at radius 2 is 1.86 bits per heavy atom. The van der Waals surface area contributed by atoms with E-state index >= 15 is 0 Å². The van der Waals surface area contributed by atoms with Gasteiger partial charge >= 0.3 is 5.97 Å². The van der Waals surface area contributed by atoms with Gasteiger partial charge in [0.05, 0.1) is 18.1 Å². The fourth-order valence-electron chi connectivity index (χ4n) is 2.93. The minimum Gasteiger partial charge on any atom is -0.460 e. The zero-order chi connectivity index (χ0) is 20.6. The summed E-state index contributed by atoms with van der Waals surface area (Å²) < 4.78 is 10.4. The lowest BCUT2D eigenvalue weighted by atomic mass is 10.1. The normalized spacial score (nSPS) is 13.6. The number of morpholine rings is 1. The Balaban J connectivity index is 1.59. The number of anilines is 1. The van der Waals surface area contributed by atoms with Crippen molar-refractivity contribution < 1.29 is 24.0 Å². The molecule has 0 radical (unpaired) electrons. The van der Waals surface area contributed by atoms with Crippen molar-refractivity contribution in [1.82, 2.24) is 5.32 Å². The average molecular weight is 399 g/mol. The van der Waals surface area contributed by atoms with E-state index in [1.54, 1.807) is 6.07 Å². The van der Waals surface area contributed by atoms with Gasteiger partial charge in [-0.15, -0.1) is 0 Å². The maximum atomic E-state index is 12.3. The molecule has 1 saturated heterocycles. The van der Waals surface area contributed by atoms with Gasteiger partial charge in [0.25, 0.3) is 11.6 Å². The first-order valence-electron chi connectivity index (χ1n) is 9.13. The van der Waals surface area contributed by atoms with Crippen LogP contribution < -0.4 is 10.2 Å². The van der Waals surface area contributed by atoms with E-state index in [1.165, 1.54) is 12.1 Å². The number of esters is 1. The lowest BCUT2D eigenvalue weighted by Gasteiger charge is -2.28. The molecule has 0 aliphatic carbocycles. The summed E-state index contributed by atoms with van der Waals surface area (Å²) in [5.41, 5.74) is 1.22. The van der Waals surface area contributed by atoms with Gasteiger partial charge < -0.3 is 19.7 Å². The number of ether oxygens (including phenoxy) is 2. The predicted molar refractivity (Wildman–Crippen MR) is 105 cm³/mol. The summed E-state index contributed by atoms with van der Waals surface area (Å²) in [6.45, 7) is 1.84. The van der Waals surface area contributed by atoms with Crippen LogP contribution in [0.1, 0.15) is 15.9 Å². The van der Waals surface area contributed by atoms with Crippen molar-refractivity contribution in [2.24, 2.45) is 0 Å². The number of rotatable bonds is 7. The van der Waals surface area contributed by atoms with Gasteiger partial charge in [-0.3, -0.25) is 19.7 Å². The number of hydrogen-bond acceptors (Lipinski definition) is 7. The molecule has 29 heavy (non-hydrogen) atoms. The van der Waals surface area contributed by atoms with E-state index in [0.717, 1.165) is 5.56 Å². The maximum Gasteiger partial charge on any atom is 0.325 e. The van der Waals surface area contributed by atoms with Gasteiger partial charge in [-0.2, -0.15) is 0 Å². The molecule has 1 aliphatic rings. The van der Waals surface area contributed by atoms with Gasteiger partial charge in [0.15, 0.2) is 0 Å². The summed E-state index contributed by atoms with van der Waals surface area (Å²) in [6.07, 6.45) is 0. The number of nitrogens with zero attached hydrogens (tertiary/aromatic N) is 2. The number of nitrogens with one attached hydrogen (secondary N) is 1. The van der Waals surface area contributed by atoms with Crippen LogP contribution in [0.2, 0.25) is 0 Å². The predicted octanol–water partition coefficient (Wildman–Crippen LogP) is 1.90. The summed E-state index contributed by atoms with van der Waals surface area (Å²) in [7, 11) is 0. The topological polar surface area (TPSA) is 111 Å². The Kier molecular flexibility index (Phi) is 6.75. The summed E-state index contributed by atoms with van der Waals surface area (Å²) in [5.74, 6) is -1.18. The Bertz CT molecular complexity index is 881. The van der Waals surface area contributed by atoms with Crippen LogP contribution in [-0.2, 0) is 20.9 Å². The van der Waals surface area contributed by atoms with Crippen LogP contribution in [0.25, 0.3) is 0 Å². The van der Waals surface area contributed by atoms with Crippen molar-refractivity contribution in [2.75, 3.05) is 37.7 Å². The quantitative estimate of drug-likeness (QED) is 0.430. The first-order valence-corrected chi connectivity index (χ1v) is 9.13. The van der Waals surface area contributed by atoms with Crippen molar-refractivity contribution in [3.63, 3.8) is 0 Å². The molecule has 0 atom stereocenters. The van der Waals surface area contributed by atoms with Gasteiger partial charge in [0.1, 0.15) is 18.8 Å². The molecule has 1 amide bonds. The molecule has 0 spiro atoms. The van der Waals surface area contributed by atoms with E-state index in [0.29, 0.717) is 32.0 Å². The molecule has 152 valence electrons. The summed E-state index contributed by atoms with van der Waals surface area (Å²) in [4.78, 5) is 36.9. The van der Waals surface area contributed by atoms with Crippen LogP contribution in [0, 0.1) is 10.1 Å². The zero-order valence-corrected chi connectivity index (χ0v) is 15.7. The highest BCUT2D eigenvalue weighted by atomic mass is 16.6. The molecule has 1 N–H and O–H groups in total. The number of amides is 1. The second kappa shape index (κ2) is 9.65. The SMILES string of the molecule is O=C(CNC(=O)c1ccc(N2CCOCC2)c([N+](=O)[O-])c1)OCc1ccccc1. The number of benzene rings is 2. The van der Waals surface area contributed by atoms with Crippen molar-refractivity contribution >= 4 is 23.3 Å². The number of nitro benzene ring substituents is 1. The minimum atomic E-state index is -0.596. The third kappa shape index (κ3) is 5.52. The van der Waals surface area contributed by atoms with Crippen LogP contribution in [0.5, 0.6) is 0 Å². The highest BCUT2D eigenvalue weighted by molar-refractivity contribution is 5.97. The molecule has 3 rings (SSSR count). The standard InChI is InChI=1S/C20H21N3O6/c24-19(29-14-15-4-2-1-3-5-15)13-21-20(25)16-6-7-17(18(12-16)23(26)27)22-8-10-28-11-9-22/h1-7,12H,8-11,13-14H2,(H,21,25). The number of carbonyl (C=O) groups is 2. The summed E-state index contributed by atoms with van der Waals surface area (Å²) in [6, 6.07) is 13.4. The lowest BCUT2D eigenvalue weighted by molar-refractivity contribution is -0.384. The molecular formula is C20H21N3O6. The van der Waals surface area contributed by atoms with Gasteiger partial charge in [0.2, 0.25) is 0 Å². The van der Waals surface area contributed by atoms with Crippen molar-refractivity contribution in [3.05, 3.63) is 69.8 Å². The molecule has 0 aromatic heterocycles. The molecular weight excluding hydrogens is 378 g/mol. The largest absolute Gasteiger partial charge is 0.460 e. The molecule has 2 aromatic rings. The van der Waals surface area contributed by atoms with Crippen LogP contribution in [-0.4, -0.2) is 49.6 Å². The lowest BCUT2D eigenvalue weighted by Crippen LogP contribution is -2.36. The highest BCUT2D eigenvalue weighted by Crippen LogP contribution is 2.29. The Hall–Kier alpha value is -3.46. The first kappa shape index (κ1) is 20.3. The monoisotopic (exact) mass is 399 g/mol. The van der Waals surface area contributed by atoms with E-state index in [9.17, 15) is 19.7 Å². The number of carbonyl (C=O) groups excluding carboxylic acids is 2. The third-order valence-corrected chi connectivity index (χ3v) is 4.42. The first-order chi connectivity index (χ1) is 14.0. The van der Waals surface area contributed by atoms with Crippen LogP contribution in [0.4, 0.5) is 11.4 Å². The molecule has 9 heteroatoms. The molecule has 0 unspecified atom stereocenters. The van der Waals surface area contributed by atoms with Crippen molar-refractivity contribution in [1.29, 1.82) is 0 Å². The molecule has 0 bridgehead atoms.